The lowest BCUT2D eigenvalue weighted by Gasteiger charge is -1.88. The van der Waals surface area contributed by atoms with Crippen LogP contribution in [0.5, 0.6) is 0 Å². The summed E-state index contributed by atoms with van der Waals surface area (Å²) in [6, 6.07) is 0. The maximum absolute atomic E-state index is 11.6. The van der Waals surface area contributed by atoms with Crippen LogP contribution in [0.3, 0.4) is 0 Å². The van der Waals surface area contributed by atoms with E-state index in [0.717, 1.165) is 0 Å². The minimum atomic E-state index is -1.04. The molecule has 3 heteroatoms. The van der Waals surface area contributed by atoms with E-state index in [1.807, 2.05) is 22.6 Å². The second kappa shape index (κ2) is 2.96. The molecule has 0 aromatic heterocycles. The monoisotopic (exact) mass is 264 g/mol. The Labute approximate surface area is 58.1 Å². The first-order valence-electron chi connectivity index (χ1n) is 1.27. The van der Waals surface area contributed by atoms with Gasteiger partial charge in [0.15, 0.2) is 5.08 Å². The Morgan fingerprint density at radius 2 is 2.17 bits per heavy atom. The van der Waals surface area contributed by atoms with Crippen LogP contribution in [0.2, 0.25) is 0 Å². The highest BCUT2D eigenvalue weighted by Crippen LogP contribution is 2.16. The van der Waals surface area contributed by atoms with Gasteiger partial charge in [-0.2, -0.15) is 0 Å². The molecule has 0 aromatic rings. The standard InChI is InChI=1S/C3H3BrFI/c1-2(6)3(4)5/h3H,1H2. The molecule has 6 heavy (non-hydrogen) atoms. The van der Waals surface area contributed by atoms with Gasteiger partial charge in [0.1, 0.15) is 0 Å². The summed E-state index contributed by atoms with van der Waals surface area (Å²) in [7, 11) is 0. The molecule has 0 aliphatic carbocycles. The van der Waals surface area contributed by atoms with Gasteiger partial charge in [-0.25, -0.2) is 4.39 Å². The fraction of sp³-hybridized carbons (Fsp3) is 0.333. The smallest absolute Gasteiger partial charge is 0.185 e. The van der Waals surface area contributed by atoms with Gasteiger partial charge in [-0.15, -0.1) is 0 Å². The Bertz CT molecular complexity index is 61.8. The Kier molecular flexibility index (Phi) is 3.39. The molecule has 0 nitrogen and oxygen atoms in total. The van der Waals surface area contributed by atoms with Gasteiger partial charge in [-0.3, -0.25) is 0 Å². The van der Waals surface area contributed by atoms with Crippen LogP contribution in [0.15, 0.2) is 10.2 Å². The number of hydrogen-bond donors (Lipinski definition) is 0. The van der Waals surface area contributed by atoms with Crippen LogP contribution >= 0.6 is 38.5 Å². The molecule has 0 aliphatic rings. The third-order valence-electron chi connectivity index (χ3n) is 0.237. The molecule has 1 atom stereocenters. The third-order valence-corrected chi connectivity index (χ3v) is 2.19. The molecular formula is C3H3BrFI. The lowest BCUT2D eigenvalue weighted by atomic mass is 10.7. The van der Waals surface area contributed by atoms with Gasteiger partial charge in [0, 0.05) is 3.58 Å². The highest BCUT2D eigenvalue weighted by Gasteiger charge is 1.97. The Hall–Kier alpha value is 0.880. The maximum Gasteiger partial charge on any atom is 0.185 e. The molecule has 36 valence electrons. The van der Waals surface area contributed by atoms with Crippen molar-refractivity contribution in [2.75, 3.05) is 0 Å². The predicted molar refractivity (Wildman–Crippen MR) is 37.0 cm³/mol. The Balaban J connectivity index is 3.26. The normalized spacial score (nSPS) is 13.8. The summed E-state index contributed by atoms with van der Waals surface area (Å²) in [5.41, 5.74) is 0. The van der Waals surface area contributed by atoms with Crippen molar-refractivity contribution in [3.63, 3.8) is 0 Å². The van der Waals surface area contributed by atoms with Crippen molar-refractivity contribution in [1.29, 1.82) is 0 Å². The van der Waals surface area contributed by atoms with E-state index in [-0.39, 0.29) is 0 Å². The van der Waals surface area contributed by atoms with E-state index in [4.69, 9.17) is 0 Å². The van der Waals surface area contributed by atoms with Gasteiger partial charge in [0.05, 0.1) is 0 Å². The van der Waals surface area contributed by atoms with Crippen molar-refractivity contribution in [3.8, 4) is 0 Å². The van der Waals surface area contributed by atoms with E-state index >= 15 is 0 Å². The first kappa shape index (κ1) is 6.88. The summed E-state index contributed by atoms with van der Waals surface area (Å²) >= 11 is 4.48. The number of allylic oxidation sites excluding steroid dienone is 1. The van der Waals surface area contributed by atoms with Crippen LogP contribution in [-0.4, -0.2) is 5.08 Å². The van der Waals surface area contributed by atoms with Crippen LogP contribution < -0.4 is 0 Å². The van der Waals surface area contributed by atoms with Crippen molar-refractivity contribution in [2.24, 2.45) is 0 Å². The van der Waals surface area contributed by atoms with Crippen LogP contribution in [-0.2, 0) is 0 Å². The second-order valence-corrected chi connectivity index (χ2v) is 2.94. The third kappa shape index (κ3) is 3.08. The van der Waals surface area contributed by atoms with Gasteiger partial charge in [-0.05, 0) is 38.5 Å². The molecule has 0 spiro atoms. The van der Waals surface area contributed by atoms with Crippen molar-refractivity contribution >= 4 is 38.5 Å². The molecule has 0 fully saturated rings. The SMILES string of the molecule is C=C(I)C(F)Br. The summed E-state index contributed by atoms with van der Waals surface area (Å²) in [6.07, 6.45) is 0. The van der Waals surface area contributed by atoms with Crippen molar-refractivity contribution < 1.29 is 4.39 Å². The van der Waals surface area contributed by atoms with Crippen molar-refractivity contribution in [3.05, 3.63) is 10.2 Å². The average Bonchev–Trinajstić information content (AvgIpc) is 1.36. The van der Waals surface area contributed by atoms with E-state index in [2.05, 4.69) is 22.5 Å². The van der Waals surface area contributed by atoms with Gasteiger partial charge in [0.25, 0.3) is 0 Å². The summed E-state index contributed by atoms with van der Waals surface area (Å²) < 4.78 is 12.1. The maximum atomic E-state index is 11.6. The van der Waals surface area contributed by atoms with E-state index in [9.17, 15) is 4.39 Å². The Morgan fingerprint density at radius 1 is 2.00 bits per heavy atom. The van der Waals surface area contributed by atoms with Crippen LogP contribution in [0.4, 0.5) is 4.39 Å². The summed E-state index contributed by atoms with van der Waals surface area (Å²) in [6.45, 7) is 3.32. The van der Waals surface area contributed by atoms with Gasteiger partial charge < -0.3 is 0 Å². The lowest BCUT2D eigenvalue weighted by Crippen LogP contribution is -1.79. The highest BCUT2D eigenvalue weighted by molar-refractivity contribution is 14.1. The molecule has 0 saturated heterocycles. The minimum Gasteiger partial charge on any atom is -0.229 e. The number of halogens is 3. The highest BCUT2D eigenvalue weighted by atomic mass is 127. The first-order chi connectivity index (χ1) is 2.64. The minimum absolute atomic E-state index is 0.479. The summed E-state index contributed by atoms with van der Waals surface area (Å²) in [5.74, 6) is 0. The van der Waals surface area contributed by atoms with E-state index in [0.29, 0.717) is 3.58 Å². The van der Waals surface area contributed by atoms with Gasteiger partial charge >= 0.3 is 0 Å². The zero-order valence-corrected chi connectivity index (χ0v) is 6.66. The predicted octanol–water partition coefficient (Wildman–Crippen LogP) is 2.63. The molecule has 0 heterocycles. The number of alkyl halides is 2. The average molecular weight is 265 g/mol. The largest absolute Gasteiger partial charge is 0.229 e. The Morgan fingerprint density at radius 3 is 2.17 bits per heavy atom. The van der Waals surface area contributed by atoms with Crippen molar-refractivity contribution in [1.82, 2.24) is 0 Å². The molecule has 0 bridgehead atoms. The number of rotatable bonds is 1. The topological polar surface area (TPSA) is 0 Å². The zero-order chi connectivity index (χ0) is 5.15. The fourth-order valence-electron chi connectivity index (χ4n) is 0. The molecule has 0 aromatic carbocycles. The van der Waals surface area contributed by atoms with Crippen molar-refractivity contribution in [2.45, 2.75) is 5.08 Å². The molecule has 0 radical (unpaired) electrons. The van der Waals surface area contributed by atoms with E-state index in [1.165, 1.54) is 0 Å². The number of hydrogen-bond acceptors (Lipinski definition) is 0. The van der Waals surface area contributed by atoms with E-state index < -0.39 is 5.08 Å². The van der Waals surface area contributed by atoms with Crippen LogP contribution in [0.25, 0.3) is 0 Å². The quantitative estimate of drug-likeness (QED) is 0.505. The molecule has 0 amide bonds. The van der Waals surface area contributed by atoms with Crippen LogP contribution in [0, 0.1) is 0 Å². The van der Waals surface area contributed by atoms with Crippen LogP contribution in [0.1, 0.15) is 0 Å². The molecule has 0 N–H and O–H groups in total. The second-order valence-electron chi connectivity index (χ2n) is 0.748. The summed E-state index contributed by atoms with van der Waals surface area (Å²) in [5, 5.41) is -1.04. The van der Waals surface area contributed by atoms with Gasteiger partial charge in [0.2, 0.25) is 0 Å². The molecule has 0 rings (SSSR count). The zero-order valence-electron chi connectivity index (χ0n) is 2.92. The molecule has 0 saturated carbocycles. The van der Waals surface area contributed by atoms with Gasteiger partial charge in [-0.1, -0.05) is 6.58 Å². The lowest BCUT2D eigenvalue weighted by molar-refractivity contribution is 0.527. The molecule has 0 aliphatic heterocycles. The molecular weight excluding hydrogens is 262 g/mol. The van der Waals surface area contributed by atoms with E-state index in [1.54, 1.807) is 0 Å². The summed E-state index contributed by atoms with van der Waals surface area (Å²) in [4.78, 5) is 0. The first-order valence-corrected chi connectivity index (χ1v) is 3.26. The fourth-order valence-corrected chi connectivity index (χ4v) is 0. The molecule has 1 unspecified atom stereocenters.